The number of nitrogens with zero attached hydrogens (tertiary/aromatic N) is 4. The molecule has 4 aromatic carbocycles. The number of aromatic hydroxyl groups is 4. The van der Waals surface area contributed by atoms with Crippen molar-refractivity contribution < 1.29 is 195 Å². The first kappa shape index (κ1) is 111. The zero-order chi connectivity index (χ0) is 110. The Kier molecular flexibility index (Phi) is 31.1. The number of phenols is 4. The van der Waals surface area contributed by atoms with E-state index in [-0.39, 0.29) is 146 Å². The Hall–Kier alpha value is -14.2. The highest BCUT2D eigenvalue weighted by Crippen LogP contribution is 2.60. The van der Waals surface area contributed by atoms with Crippen molar-refractivity contribution in [2.45, 2.75) is 144 Å². The second-order valence-corrected chi connectivity index (χ2v) is 38.5. The second kappa shape index (κ2) is 41.5. The number of hydrogen-bond donors (Lipinski definition) is 25. The number of alkyl halides is 5. The van der Waals surface area contributed by atoms with Gasteiger partial charge in [0.2, 0.25) is 23.1 Å². The quantitative estimate of drug-likeness (QED) is 0.0161. The number of likely N-dealkylation sites (N-methyl/N-ethyl adjacent to an activating group) is 4. The van der Waals surface area contributed by atoms with Crippen molar-refractivity contribution in [3.8, 4) is 23.0 Å². The molecule has 12 aliphatic carbocycles. The summed E-state index contributed by atoms with van der Waals surface area (Å²) in [5.74, 6) is -30.9. The van der Waals surface area contributed by atoms with Crippen LogP contribution >= 0.6 is 0 Å². The summed E-state index contributed by atoms with van der Waals surface area (Å²) in [4.78, 5) is 201. The lowest BCUT2D eigenvalue weighted by molar-refractivity contribution is -0.190. The predicted octanol–water partition coefficient (Wildman–Crippen LogP) is -0.601. The highest BCUT2D eigenvalue weighted by Gasteiger charge is 2.70. The van der Waals surface area contributed by atoms with Crippen molar-refractivity contribution in [3.63, 3.8) is 0 Å². The van der Waals surface area contributed by atoms with E-state index in [2.05, 4.69) is 31.6 Å². The Balaban J connectivity index is 0.000000165. The van der Waals surface area contributed by atoms with Gasteiger partial charge in [0.1, 0.15) is 98.0 Å². The summed E-state index contributed by atoms with van der Waals surface area (Å²) in [6.07, 6.45) is -4.50. The number of aliphatic hydroxyl groups excluding tert-OH is 8. The lowest BCUT2D eigenvalue weighted by Gasteiger charge is -2.50. The number of hydroxylamine groups is 4. The van der Waals surface area contributed by atoms with Gasteiger partial charge in [-0.25, -0.2) is 9.63 Å². The number of nitrogens with two attached hydrogens (primary N) is 4. The molecule has 52 heteroatoms. The molecule has 0 unspecified atom stereocenters. The van der Waals surface area contributed by atoms with Gasteiger partial charge >= 0.3 is 18.8 Å². The summed E-state index contributed by atoms with van der Waals surface area (Å²) in [7, 11) is 12.1. The highest BCUT2D eigenvalue weighted by molar-refractivity contribution is 6.28. The fourth-order valence-electron chi connectivity index (χ4n) is 22.9. The molecular weight excluding hydrogens is 1980 g/mol. The number of aliphatic hydroxyl groups is 12. The third-order valence-electron chi connectivity index (χ3n) is 29.0. The standard InChI is InChI=1S/C25H29N3O9.C24H26F3N3O8.C24H27N3O10.C23H25F2N3O8/c1-10(29)9-37-27-8-11-4-5-15(30)17-13(11)6-12-7-14-19(28(2)3)21(32)18(24(26)35)23(34)25(14,36)22(33)16(12)20(17)31;1-30(2)17-12-6-10-5-11-9(7-29-38-8-23(25,26)27)3-4-13(31)15(11)18(32)14(10)20(34)24(12,37)21(35)16(19(17)33)22(28)36;1-27(2)18-12-6-10-5-11-9(7-26-37-8-14(29)30)3-4-13(28)16(11)19(31)15(10)21(33)24(12,36)22(34)17(20(18)32)23(25)35;1-28(2)16-11-6-9-5-10-8(7-27-36-22(24)25)3-4-12(29)14(10)17(30)13(9)19(32)23(11,35)20(33)15(18(16)31)21(26)34/h4-5,12,14,19,27,30-31,34,36H,6-9H2,1-3H3,(H2,26,35);3-4,10,12,17,29,31-32,35,37H,5-8H2,1-2H3,(H2,28,36);3-4,10,12,18,26,28,31,34,36H,5-8H2,1-2H3,(H2,25,35)(H,29,30);3-4,9,11,16,22,27,29-30,33,35H,5-7H2,1-2H3,(H2,26,34)/t12-,14-,19-,25-;10-,12-,17+,24-;10-,12-,18-,24-;9-,11-,16-,23-/m0000/s1. The van der Waals surface area contributed by atoms with Crippen molar-refractivity contribution in [3.05, 3.63) is 183 Å². The van der Waals surface area contributed by atoms with Crippen molar-refractivity contribution in [1.29, 1.82) is 0 Å². The number of amides is 4. The molecule has 0 bridgehead atoms. The molecule has 16 rings (SSSR count). The molecule has 4 aromatic rings. The Morgan fingerprint density at radius 1 is 0.378 bits per heavy atom. The van der Waals surface area contributed by atoms with E-state index in [1.807, 2.05) is 0 Å². The third-order valence-corrected chi connectivity index (χ3v) is 29.0. The van der Waals surface area contributed by atoms with Crippen LogP contribution in [-0.2, 0) is 138 Å². The molecule has 29 N–H and O–H groups in total. The molecule has 0 aliphatic heterocycles. The van der Waals surface area contributed by atoms with Crippen LogP contribution in [0.4, 0.5) is 22.0 Å². The average molecular weight is 2080 g/mol. The fraction of sp³-hybridized carbons (Fsp3) is 0.438. The Morgan fingerprint density at radius 2 is 0.601 bits per heavy atom. The molecule has 0 aromatic heterocycles. The molecule has 12 aliphatic rings. The van der Waals surface area contributed by atoms with E-state index in [4.69, 9.17) is 37.7 Å². The molecule has 16 atom stereocenters. The van der Waals surface area contributed by atoms with Crippen molar-refractivity contribution >= 4 is 105 Å². The summed E-state index contributed by atoms with van der Waals surface area (Å²) in [6.45, 7) is -4.34. The number of Topliss-reactive ketones (excluding diaryl/α,β-unsaturated/α-hetero) is 9. The number of hydrogen-bond acceptors (Lipinski definition) is 42. The van der Waals surface area contributed by atoms with Gasteiger partial charge in [-0.1, -0.05) is 24.3 Å². The Bertz CT molecular complexity index is 6440. The van der Waals surface area contributed by atoms with E-state index in [0.717, 1.165) is 0 Å². The second-order valence-electron chi connectivity index (χ2n) is 38.5. The molecule has 4 saturated carbocycles. The van der Waals surface area contributed by atoms with E-state index in [1.54, 1.807) is 12.1 Å². The van der Waals surface area contributed by atoms with Gasteiger partial charge in [0.25, 0.3) is 23.6 Å². The van der Waals surface area contributed by atoms with Crippen LogP contribution in [-0.4, -0.2) is 324 Å². The molecule has 796 valence electrons. The van der Waals surface area contributed by atoms with Crippen LogP contribution in [0.25, 0.3) is 23.0 Å². The van der Waals surface area contributed by atoms with Gasteiger partial charge in [-0.05, 0) is 207 Å². The number of benzene rings is 4. The third kappa shape index (κ3) is 18.9. The van der Waals surface area contributed by atoms with Crippen LogP contribution in [0.1, 0.15) is 99.4 Å². The number of carbonyl (C=O) groups excluding carboxylic acids is 13. The number of carbonyl (C=O) groups is 14. The van der Waals surface area contributed by atoms with E-state index in [0.29, 0.717) is 44.5 Å². The van der Waals surface area contributed by atoms with E-state index in [1.165, 1.54) is 119 Å². The average Bonchev–Trinajstić information content (AvgIpc) is 0.709. The fourth-order valence-corrected chi connectivity index (χ4v) is 22.9. The number of phenolic OH excluding ortho intramolecular Hbond substituents is 4. The molecule has 4 amide bonds. The highest BCUT2D eigenvalue weighted by atomic mass is 19.4. The first-order chi connectivity index (χ1) is 69.1. The topological polar surface area (TPSA) is 785 Å². The van der Waals surface area contributed by atoms with Gasteiger partial charge in [-0.15, -0.1) is 0 Å². The maximum Gasteiger partial charge on any atom is 0.413 e. The van der Waals surface area contributed by atoms with Gasteiger partial charge in [0.15, 0.2) is 64.5 Å². The molecule has 47 nitrogen and oxygen atoms in total. The van der Waals surface area contributed by atoms with Crippen LogP contribution in [0, 0.1) is 47.3 Å². The molecule has 0 spiro atoms. The minimum atomic E-state index is -4.56. The van der Waals surface area contributed by atoms with Gasteiger partial charge in [0.05, 0.1) is 46.4 Å². The van der Waals surface area contributed by atoms with Crippen molar-refractivity contribution in [2.24, 2.45) is 70.3 Å². The van der Waals surface area contributed by atoms with Crippen LogP contribution in [0.5, 0.6) is 23.0 Å². The number of aliphatic carboxylic acids is 1. The Labute approximate surface area is 834 Å². The molecule has 0 saturated heterocycles. The smallest absolute Gasteiger partial charge is 0.413 e. The van der Waals surface area contributed by atoms with Gasteiger partial charge < -0.3 is 110 Å². The number of fused-ring (bicyclic) bond motifs is 12. The molecule has 0 radical (unpaired) electrons. The number of carboxylic acids is 1. The predicted molar refractivity (Wildman–Crippen MR) is 494 cm³/mol. The number of rotatable bonds is 26. The lowest BCUT2D eigenvalue weighted by Crippen LogP contribution is -2.65. The molecule has 148 heavy (non-hydrogen) atoms. The maximum absolute atomic E-state index is 13.8. The zero-order valence-electron chi connectivity index (χ0n) is 80.2. The summed E-state index contributed by atoms with van der Waals surface area (Å²) in [5.41, 5.74) is 18.3. The summed E-state index contributed by atoms with van der Waals surface area (Å²) < 4.78 is 62.0. The number of nitrogens with one attached hydrogen (secondary N) is 4. The van der Waals surface area contributed by atoms with Crippen molar-refractivity contribution in [1.82, 2.24) is 41.5 Å². The van der Waals surface area contributed by atoms with Gasteiger partial charge in [-0.3, -0.25) is 96.4 Å². The largest absolute Gasteiger partial charge is 0.508 e. The first-order valence-corrected chi connectivity index (χ1v) is 45.5. The monoisotopic (exact) mass is 2080 g/mol. The number of ketones is 9. The van der Waals surface area contributed by atoms with E-state index < -0.39 is 276 Å². The Morgan fingerprint density at radius 3 is 0.804 bits per heavy atom. The minimum absolute atomic E-state index is 0.000771. The summed E-state index contributed by atoms with van der Waals surface area (Å²) in [5, 5.41) is 185. The SMILES string of the molecule is CC(=O)CONCc1ccc(O)c2c1C[C@H]1C[C@H]3[C@H](N(C)C)C(=O)C(C(N)=O)=C(O)[C@@]3(O)C(=O)C1=C2O.CN(C)[C@@H]1C(=O)C(C(N)=O)=C(O)[C@@]2(O)C(=O)C3=C(O)c4c(O)ccc(CNOC(F)F)c4C[C@H]3C[C@@H]12.CN(C)[C@@H]1C(=O)C(C(N)=O)=C(O)[C@@]2(O)C(=O)C3=C(O)c4c(O)ccc(CNOCC(=O)O)c4C[C@H]3C[C@@H]12.CN(C)[C@H]1C(=O)C(C(N)=O)=C(O)[C@@]2(O)C(=O)C3=C(O)c4c(O)ccc(CNOCC(F)(F)F)c4C[C@H]3C[C@@H]12. The molecule has 0 heterocycles. The van der Waals surface area contributed by atoms with E-state index in [9.17, 15) is 171 Å². The number of carboxylic acid groups (broad SMARTS) is 1. The summed E-state index contributed by atoms with van der Waals surface area (Å²) >= 11 is 0. The normalized spacial score (nSPS) is 27.4. The van der Waals surface area contributed by atoms with Crippen LogP contribution in [0.3, 0.4) is 0 Å². The molecule has 4 fully saturated rings. The van der Waals surface area contributed by atoms with E-state index >= 15 is 0 Å². The minimum Gasteiger partial charge on any atom is -0.508 e. The van der Waals surface area contributed by atoms with Gasteiger partial charge in [0, 0.05) is 72.1 Å². The van der Waals surface area contributed by atoms with Crippen LogP contribution in [0.15, 0.2) is 116 Å². The van der Waals surface area contributed by atoms with Gasteiger partial charge in [-0.2, -0.15) is 43.9 Å². The maximum atomic E-state index is 13.8. The van der Waals surface area contributed by atoms with Crippen molar-refractivity contribution in [2.75, 3.05) is 76.2 Å². The first-order valence-electron chi connectivity index (χ1n) is 45.5. The number of primary amides is 4. The lowest BCUT2D eigenvalue weighted by atomic mass is 9.57. The number of halogens is 5. The van der Waals surface area contributed by atoms with Crippen LogP contribution < -0.4 is 44.9 Å². The van der Waals surface area contributed by atoms with Crippen LogP contribution in [0.2, 0.25) is 0 Å². The summed E-state index contributed by atoms with van der Waals surface area (Å²) in [6, 6.07) is 6.23. The zero-order valence-corrected chi connectivity index (χ0v) is 80.2. The molecular formula is C96H107F5N12O35.